The Morgan fingerprint density at radius 3 is 1.63 bits per heavy atom. The third kappa shape index (κ3) is 13.1. The Bertz CT molecular complexity index is 1050. The molecule has 0 aliphatic carbocycles. The minimum absolute atomic E-state index is 0.0176. The highest BCUT2D eigenvalue weighted by Gasteiger charge is 2.10. The van der Waals surface area contributed by atoms with Crippen molar-refractivity contribution in [3.05, 3.63) is 72.3 Å². The highest BCUT2D eigenvalue weighted by Crippen LogP contribution is 2.30. The fourth-order valence-electron chi connectivity index (χ4n) is 3.98. The number of benzene rings is 2. The van der Waals surface area contributed by atoms with E-state index < -0.39 is 25.2 Å². The van der Waals surface area contributed by atoms with Crippen LogP contribution in [0.25, 0.3) is 11.1 Å². The molecule has 0 bridgehead atoms. The van der Waals surface area contributed by atoms with Crippen molar-refractivity contribution < 1.29 is 38.7 Å². The lowest BCUT2D eigenvalue weighted by molar-refractivity contribution is -0.141. The predicted octanol–water partition coefficient (Wildman–Crippen LogP) is 5.59. The molecule has 224 valence electrons. The van der Waals surface area contributed by atoms with E-state index in [1.54, 1.807) is 6.07 Å². The number of rotatable bonds is 21. The highest BCUT2D eigenvalue weighted by molar-refractivity contribution is 5.88. The van der Waals surface area contributed by atoms with E-state index in [9.17, 15) is 9.59 Å². The van der Waals surface area contributed by atoms with Gasteiger partial charge in [0.15, 0.2) is 0 Å². The Balaban J connectivity index is 2.01. The maximum Gasteiger partial charge on any atom is 0.335 e. The summed E-state index contributed by atoms with van der Waals surface area (Å²) in [6, 6.07) is 13.9. The van der Waals surface area contributed by atoms with Crippen molar-refractivity contribution >= 4 is 11.9 Å². The summed E-state index contributed by atoms with van der Waals surface area (Å²) in [5, 5.41) is 18.0. The second-order valence-electron chi connectivity index (χ2n) is 9.75. The van der Waals surface area contributed by atoms with Crippen LogP contribution in [-0.2, 0) is 25.5 Å². The third-order valence-electron chi connectivity index (χ3n) is 6.37. The normalized spacial score (nSPS) is 10.6. The molecule has 0 amide bonds. The summed E-state index contributed by atoms with van der Waals surface area (Å²) >= 11 is 0. The van der Waals surface area contributed by atoms with Gasteiger partial charge in [-0.25, -0.2) is 9.59 Å². The van der Waals surface area contributed by atoms with Crippen LogP contribution in [0.2, 0.25) is 0 Å². The van der Waals surface area contributed by atoms with Gasteiger partial charge >= 0.3 is 11.9 Å². The van der Waals surface area contributed by atoms with Gasteiger partial charge in [-0.3, -0.25) is 0 Å². The summed E-state index contributed by atoms with van der Waals surface area (Å²) in [4.78, 5) is 23.4. The number of esters is 2. The van der Waals surface area contributed by atoms with Crippen LogP contribution in [0.3, 0.4) is 0 Å². The molecular formula is C33H44O8. The summed E-state index contributed by atoms with van der Waals surface area (Å²) in [5.41, 5.74) is 3.10. The SMILES string of the molecule is C=C(CO)C(=O)OCCOc1cc(OCCOC(=O)C(=C)CO)cc(-c2ccc(CCCCCCCCC)cc2)c1. The summed E-state index contributed by atoms with van der Waals surface area (Å²) in [6.07, 6.45) is 10.0. The molecule has 2 rings (SSSR count). The standard InChI is InChI=1S/C33H44O8/c1-4-5-6-7-8-9-10-11-27-12-14-28(15-13-27)29-20-30(38-16-18-40-32(36)25(2)23-34)22-31(21-29)39-17-19-41-33(37)26(3)24-35/h12-15,20-22,34-35H,2-11,16-19,23-24H2,1H3. The molecule has 0 atom stereocenters. The molecule has 0 radical (unpaired) electrons. The zero-order valence-corrected chi connectivity index (χ0v) is 24.2. The number of aliphatic hydroxyl groups is 2. The first-order valence-corrected chi connectivity index (χ1v) is 14.3. The van der Waals surface area contributed by atoms with Gasteiger partial charge in [0.2, 0.25) is 0 Å². The van der Waals surface area contributed by atoms with Gasteiger partial charge < -0.3 is 29.2 Å². The van der Waals surface area contributed by atoms with Gasteiger partial charge in [-0.2, -0.15) is 0 Å². The lowest BCUT2D eigenvalue weighted by Crippen LogP contribution is -2.15. The summed E-state index contributed by atoms with van der Waals surface area (Å²) < 4.78 is 21.7. The molecule has 0 spiro atoms. The lowest BCUT2D eigenvalue weighted by Gasteiger charge is -2.14. The quantitative estimate of drug-likeness (QED) is 0.114. The first kappa shape index (κ1) is 33.6. The van der Waals surface area contributed by atoms with Gasteiger partial charge in [-0.05, 0) is 41.7 Å². The number of unbranched alkanes of at least 4 members (excludes halogenated alkanes) is 6. The fraction of sp³-hybridized carbons (Fsp3) is 0.455. The van der Waals surface area contributed by atoms with Crippen molar-refractivity contribution in [2.75, 3.05) is 39.6 Å². The van der Waals surface area contributed by atoms with Crippen LogP contribution < -0.4 is 9.47 Å². The Morgan fingerprint density at radius 1 is 0.659 bits per heavy atom. The first-order valence-electron chi connectivity index (χ1n) is 14.3. The van der Waals surface area contributed by atoms with Crippen LogP contribution in [0.1, 0.15) is 57.4 Å². The van der Waals surface area contributed by atoms with Gasteiger partial charge in [-0.1, -0.05) is 82.9 Å². The number of aryl methyl sites for hydroxylation is 1. The first-order chi connectivity index (χ1) is 19.9. The number of ether oxygens (including phenoxy) is 4. The van der Waals surface area contributed by atoms with Crippen LogP contribution in [0, 0.1) is 0 Å². The largest absolute Gasteiger partial charge is 0.490 e. The van der Waals surface area contributed by atoms with E-state index in [2.05, 4.69) is 44.3 Å². The zero-order valence-electron chi connectivity index (χ0n) is 24.2. The number of aliphatic hydroxyl groups excluding tert-OH is 2. The number of hydrogen-bond acceptors (Lipinski definition) is 8. The van der Waals surface area contributed by atoms with Crippen molar-refractivity contribution in [2.45, 2.75) is 58.3 Å². The smallest absolute Gasteiger partial charge is 0.335 e. The van der Waals surface area contributed by atoms with E-state index in [0.717, 1.165) is 17.5 Å². The van der Waals surface area contributed by atoms with Crippen molar-refractivity contribution in [2.24, 2.45) is 0 Å². The predicted molar refractivity (Wildman–Crippen MR) is 159 cm³/mol. The number of hydrogen-bond donors (Lipinski definition) is 2. The van der Waals surface area contributed by atoms with Gasteiger partial charge in [0.25, 0.3) is 0 Å². The van der Waals surface area contributed by atoms with E-state index in [1.807, 2.05) is 12.1 Å². The summed E-state index contributed by atoms with van der Waals surface area (Å²) in [7, 11) is 0. The summed E-state index contributed by atoms with van der Waals surface area (Å²) in [5.74, 6) is -0.340. The van der Waals surface area contributed by atoms with Gasteiger partial charge in [0.05, 0.1) is 24.4 Å². The van der Waals surface area contributed by atoms with Crippen LogP contribution in [0.15, 0.2) is 66.8 Å². The molecule has 0 fully saturated rings. The van der Waals surface area contributed by atoms with E-state index in [4.69, 9.17) is 29.2 Å². The topological polar surface area (TPSA) is 112 Å². The molecule has 0 heterocycles. The number of carbonyl (C=O) groups is 2. The van der Waals surface area contributed by atoms with E-state index in [1.165, 1.54) is 50.5 Å². The molecule has 8 heteroatoms. The van der Waals surface area contributed by atoms with Crippen LogP contribution >= 0.6 is 0 Å². The molecule has 8 nitrogen and oxygen atoms in total. The van der Waals surface area contributed by atoms with Gasteiger partial charge in [-0.15, -0.1) is 0 Å². The molecule has 0 aliphatic heterocycles. The van der Waals surface area contributed by atoms with E-state index in [0.29, 0.717) is 11.5 Å². The van der Waals surface area contributed by atoms with Gasteiger partial charge in [0.1, 0.15) is 37.9 Å². The minimum Gasteiger partial charge on any atom is -0.490 e. The maximum absolute atomic E-state index is 11.7. The van der Waals surface area contributed by atoms with Crippen molar-refractivity contribution in [3.63, 3.8) is 0 Å². The average Bonchev–Trinajstić information content (AvgIpc) is 3.00. The molecule has 0 aromatic heterocycles. The molecule has 41 heavy (non-hydrogen) atoms. The van der Waals surface area contributed by atoms with Crippen molar-refractivity contribution in [1.82, 2.24) is 0 Å². The number of carbonyl (C=O) groups excluding carboxylic acids is 2. The molecule has 0 saturated carbocycles. The second-order valence-corrected chi connectivity index (χ2v) is 9.75. The van der Waals surface area contributed by atoms with Crippen LogP contribution in [0.5, 0.6) is 11.5 Å². The van der Waals surface area contributed by atoms with Crippen molar-refractivity contribution in [3.8, 4) is 22.6 Å². The van der Waals surface area contributed by atoms with E-state index in [-0.39, 0.29) is 37.6 Å². The molecule has 0 saturated heterocycles. The van der Waals surface area contributed by atoms with Gasteiger partial charge in [0, 0.05) is 6.07 Å². The second kappa shape index (κ2) is 19.5. The highest BCUT2D eigenvalue weighted by atomic mass is 16.6. The molecule has 0 unspecified atom stereocenters. The Hall–Kier alpha value is -3.62. The lowest BCUT2D eigenvalue weighted by atomic mass is 10.0. The Kier molecular flexibility index (Phi) is 15.9. The summed E-state index contributed by atoms with van der Waals surface area (Å²) in [6.45, 7) is 8.31. The maximum atomic E-state index is 11.7. The van der Waals surface area contributed by atoms with Crippen LogP contribution in [0.4, 0.5) is 0 Å². The zero-order chi connectivity index (χ0) is 29.9. The van der Waals surface area contributed by atoms with E-state index >= 15 is 0 Å². The van der Waals surface area contributed by atoms with Crippen LogP contribution in [-0.4, -0.2) is 61.8 Å². The molecular weight excluding hydrogens is 524 g/mol. The average molecular weight is 569 g/mol. The molecule has 2 aromatic rings. The third-order valence-corrected chi connectivity index (χ3v) is 6.37. The Morgan fingerprint density at radius 2 is 1.15 bits per heavy atom. The monoisotopic (exact) mass is 568 g/mol. The fourth-order valence-corrected chi connectivity index (χ4v) is 3.98. The molecule has 2 aromatic carbocycles. The van der Waals surface area contributed by atoms with Crippen molar-refractivity contribution in [1.29, 1.82) is 0 Å². The minimum atomic E-state index is -0.677. The molecule has 0 aliphatic rings. The molecule has 2 N–H and O–H groups in total. The Labute approximate surface area is 243 Å².